The SMILES string of the molecule is O=[N+]([O-])c1ccc(Oc2ccc([N+](=O)[O-])c(OCC(F)(F)F)c2-c2c(Cl)cc(C(F)(F)F)cc2Cl)c(-c2c(Cl)cc(C(F)(F)F)cc2Cl)c1OCC(F)(F)F. The maximum absolute atomic E-state index is 13.6. The van der Waals surface area contributed by atoms with Crippen LogP contribution in [0.25, 0.3) is 22.3 Å². The smallest absolute Gasteiger partial charge is 0.422 e. The molecule has 55 heavy (non-hydrogen) atoms. The lowest BCUT2D eigenvalue weighted by Gasteiger charge is -2.22. The van der Waals surface area contributed by atoms with Gasteiger partial charge in [-0.2, -0.15) is 52.7 Å². The number of halogens is 16. The Bertz CT molecular complexity index is 1980. The van der Waals surface area contributed by atoms with E-state index in [1.807, 2.05) is 0 Å². The summed E-state index contributed by atoms with van der Waals surface area (Å²) in [6.07, 6.45) is -20.7. The molecule has 4 rings (SSSR count). The lowest BCUT2D eigenvalue weighted by molar-refractivity contribution is -0.386. The van der Waals surface area contributed by atoms with Crippen molar-refractivity contribution in [3.05, 3.63) is 100.0 Å². The molecule has 0 heterocycles. The molecule has 0 aliphatic rings. The number of hydrogen-bond donors (Lipinski definition) is 0. The van der Waals surface area contributed by atoms with E-state index in [-0.39, 0.29) is 24.3 Å². The minimum Gasteiger partial charge on any atom is -0.477 e. The highest BCUT2D eigenvalue weighted by atomic mass is 35.5. The summed E-state index contributed by atoms with van der Waals surface area (Å²) in [5.74, 6) is -4.79. The van der Waals surface area contributed by atoms with Crippen molar-refractivity contribution in [3.63, 3.8) is 0 Å². The quantitative estimate of drug-likeness (QED) is 0.0885. The zero-order valence-corrected chi connectivity index (χ0v) is 28.9. The molecule has 9 nitrogen and oxygen atoms in total. The fourth-order valence-electron chi connectivity index (χ4n) is 4.71. The summed E-state index contributed by atoms with van der Waals surface area (Å²) in [6, 6.07) is 2.89. The van der Waals surface area contributed by atoms with Crippen LogP contribution in [-0.4, -0.2) is 35.4 Å². The molecule has 0 atom stereocenters. The Hall–Kier alpha value is -4.60. The average molecular weight is 882 g/mol. The second kappa shape index (κ2) is 15.5. The summed E-state index contributed by atoms with van der Waals surface area (Å²) in [6.45, 7) is -4.59. The Kier molecular flexibility index (Phi) is 12.2. The predicted molar refractivity (Wildman–Crippen MR) is 170 cm³/mol. The van der Waals surface area contributed by atoms with Crippen LogP contribution >= 0.6 is 46.4 Å². The number of alkyl halides is 12. The van der Waals surface area contributed by atoms with Gasteiger partial charge in [-0.3, -0.25) is 20.2 Å². The van der Waals surface area contributed by atoms with Crippen molar-refractivity contribution >= 4 is 57.8 Å². The molecule has 0 radical (unpaired) electrons. The van der Waals surface area contributed by atoms with Crippen molar-refractivity contribution in [3.8, 4) is 45.3 Å². The minimum absolute atomic E-state index is 0.209. The molecular weight excluding hydrogens is 870 g/mol. The first kappa shape index (κ1) is 43.1. The van der Waals surface area contributed by atoms with E-state index in [0.29, 0.717) is 24.3 Å². The van der Waals surface area contributed by atoms with E-state index in [2.05, 4.69) is 0 Å². The number of ether oxygens (including phenoxy) is 3. The number of nitrogens with zero attached hydrogens (tertiary/aromatic N) is 2. The molecule has 0 amide bonds. The van der Waals surface area contributed by atoms with E-state index < -0.39 is 136 Å². The third-order valence-electron chi connectivity index (χ3n) is 6.81. The van der Waals surface area contributed by atoms with E-state index in [1.165, 1.54) is 0 Å². The average Bonchev–Trinajstić information content (AvgIpc) is 3.01. The van der Waals surface area contributed by atoms with Crippen LogP contribution in [0.4, 0.5) is 64.1 Å². The molecule has 0 aliphatic heterocycles. The normalized spacial score (nSPS) is 12.4. The van der Waals surface area contributed by atoms with Crippen LogP contribution in [0.5, 0.6) is 23.0 Å². The molecule has 0 saturated carbocycles. The molecule has 0 N–H and O–H groups in total. The number of nitro benzene ring substituents is 2. The largest absolute Gasteiger partial charge is 0.477 e. The van der Waals surface area contributed by atoms with Crippen molar-refractivity contribution in [1.82, 2.24) is 0 Å². The molecule has 0 saturated heterocycles. The van der Waals surface area contributed by atoms with Crippen molar-refractivity contribution in [2.24, 2.45) is 0 Å². The van der Waals surface area contributed by atoms with Gasteiger partial charge in [0, 0.05) is 23.3 Å². The number of rotatable bonds is 10. The summed E-state index contributed by atoms with van der Waals surface area (Å²) >= 11 is 24.5. The summed E-state index contributed by atoms with van der Waals surface area (Å²) in [4.78, 5) is 21.3. The zero-order chi connectivity index (χ0) is 41.6. The summed E-state index contributed by atoms with van der Waals surface area (Å²) in [5.41, 5.74) is -9.64. The molecule has 25 heteroatoms. The van der Waals surface area contributed by atoms with Crippen LogP contribution in [0.2, 0.25) is 20.1 Å². The Morgan fingerprint density at radius 1 is 0.509 bits per heavy atom. The molecular formula is C30H12Cl4F12N2O7. The molecule has 0 bridgehead atoms. The highest BCUT2D eigenvalue weighted by molar-refractivity contribution is 6.40. The number of benzene rings is 4. The van der Waals surface area contributed by atoms with Gasteiger partial charge in [0.25, 0.3) is 0 Å². The van der Waals surface area contributed by atoms with Gasteiger partial charge in [0.2, 0.25) is 11.5 Å². The highest BCUT2D eigenvalue weighted by Crippen LogP contribution is 2.55. The van der Waals surface area contributed by atoms with Gasteiger partial charge < -0.3 is 14.2 Å². The van der Waals surface area contributed by atoms with Crippen molar-refractivity contribution in [1.29, 1.82) is 0 Å². The monoisotopic (exact) mass is 880 g/mol. The fraction of sp³-hybridized carbons (Fsp3) is 0.200. The Balaban J connectivity index is 2.18. The molecule has 4 aromatic carbocycles. The van der Waals surface area contributed by atoms with Gasteiger partial charge in [-0.25, -0.2) is 0 Å². The summed E-state index contributed by atoms with van der Waals surface area (Å²) in [5, 5.41) is 19.8. The minimum atomic E-state index is -5.23. The molecule has 0 aromatic heterocycles. The van der Waals surface area contributed by atoms with Crippen molar-refractivity contribution in [2.75, 3.05) is 13.2 Å². The van der Waals surface area contributed by atoms with Crippen LogP contribution in [0.3, 0.4) is 0 Å². The first-order chi connectivity index (χ1) is 25.1. The van der Waals surface area contributed by atoms with E-state index in [0.717, 1.165) is 0 Å². The predicted octanol–water partition coefficient (Wildman–Crippen LogP) is 13.2. The Labute approximate surface area is 317 Å². The van der Waals surface area contributed by atoms with Gasteiger partial charge in [0.1, 0.15) is 11.5 Å². The molecule has 4 aromatic rings. The summed E-state index contributed by atoms with van der Waals surface area (Å²) in [7, 11) is 0. The first-order valence-corrected chi connectivity index (χ1v) is 15.4. The first-order valence-electron chi connectivity index (χ1n) is 13.9. The van der Waals surface area contributed by atoms with Gasteiger partial charge in [0.15, 0.2) is 13.2 Å². The fourth-order valence-corrected chi connectivity index (χ4v) is 6.06. The van der Waals surface area contributed by atoms with Crippen LogP contribution in [0, 0.1) is 20.2 Å². The highest BCUT2D eigenvalue weighted by Gasteiger charge is 2.39. The molecule has 296 valence electrons. The van der Waals surface area contributed by atoms with Gasteiger partial charge in [-0.05, 0) is 36.4 Å². The number of nitro groups is 2. The van der Waals surface area contributed by atoms with Crippen LogP contribution < -0.4 is 14.2 Å². The standard InChI is InChI=1S/C30H12Cl4F12N2O7/c31-13-5-11(29(41,42)43)6-14(32)21(13)23-19(3-1-17(47(49)50)25(23)53-9-27(35,36)37)55-20-4-2-18(48(51)52)26(54-10-28(38,39)40)24(20)22-15(33)7-12(8-16(22)34)30(44,45)46/h1-8H,9-10H2. The third kappa shape index (κ3) is 9.99. The van der Waals surface area contributed by atoms with E-state index in [4.69, 9.17) is 60.6 Å². The van der Waals surface area contributed by atoms with Gasteiger partial charge in [-0.1, -0.05) is 46.4 Å². The van der Waals surface area contributed by atoms with Gasteiger partial charge in [0.05, 0.1) is 52.2 Å². The van der Waals surface area contributed by atoms with Crippen LogP contribution in [0.1, 0.15) is 11.1 Å². The second-order valence-corrected chi connectivity index (χ2v) is 12.3. The van der Waals surface area contributed by atoms with Gasteiger partial charge >= 0.3 is 36.1 Å². The molecule has 0 aliphatic carbocycles. The van der Waals surface area contributed by atoms with Crippen LogP contribution in [-0.2, 0) is 12.4 Å². The Morgan fingerprint density at radius 2 is 0.800 bits per heavy atom. The summed E-state index contributed by atoms with van der Waals surface area (Å²) < 4.78 is 177. The molecule has 0 spiro atoms. The lowest BCUT2D eigenvalue weighted by atomic mass is 9.98. The van der Waals surface area contributed by atoms with E-state index in [9.17, 15) is 72.9 Å². The maximum atomic E-state index is 13.6. The third-order valence-corrected chi connectivity index (χ3v) is 8.00. The van der Waals surface area contributed by atoms with E-state index in [1.54, 1.807) is 0 Å². The van der Waals surface area contributed by atoms with Crippen molar-refractivity contribution < 1.29 is 76.7 Å². The second-order valence-electron chi connectivity index (χ2n) is 10.6. The Morgan fingerprint density at radius 3 is 1.04 bits per heavy atom. The van der Waals surface area contributed by atoms with E-state index >= 15 is 0 Å². The lowest BCUT2D eigenvalue weighted by Crippen LogP contribution is -2.20. The topological polar surface area (TPSA) is 114 Å². The molecule has 0 fully saturated rings. The maximum Gasteiger partial charge on any atom is 0.422 e. The zero-order valence-electron chi connectivity index (χ0n) is 25.8. The number of hydrogen-bond acceptors (Lipinski definition) is 7. The van der Waals surface area contributed by atoms with Gasteiger partial charge in [-0.15, -0.1) is 0 Å². The molecule has 0 unspecified atom stereocenters. The van der Waals surface area contributed by atoms with Crippen molar-refractivity contribution in [2.45, 2.75) is 24.7 Å². The van der Waals surface area contributed by atoms with Crippen LogP contribution in [0.15, 0.2) is 48.5 Å².